The molecular weight excluding hydrogens is 385 g/mol. The molecular formula is C21H25Cl2NOS. The van der Waals surface area contributed by atoms with Gasteiger partial charge in [-0.15, -0.1) is 0 Å². The summed E-state index contributed by atoms with van der Waals surface area (Å²) in [4.78, 5) is 0.711. The van der Waals surface area contributed by atoms with Crippen LogP contribution in [0.25, 0.3) is 0 Å². The van der Waals surface area contributed by atoms with Gasteiger partial charge in [-0.3, -0.25) is 0 Å². The van der Waals surface area contributed by atoms with Gasteiger partial charge < -0.3 is 10.1 Å². The number of nitrogens with one attached hydrogen (secondary N) is 1. The molecule has 0 amide bonds. The van der Waals surface area contributed by atoms with Crippen LogP contribution in [0.15, 0.2) is 48.5 Å². The summed E-state index contributed by atoms with van der Waals surface area (Å²) in [5.74, 6) is 0.591. The van der Waals surface area contributed by atoms with Gasteiger partial charge in [-0.05, 0) is 36.6 Å². The molecule has 26 heavy (non-hydrogen) atoms. The van der Waals surface area contributed by atoms with Crippen molar-refractivity contribution in [3.63, 3.8) is 0 Å². The van der Waals surface area contributed by atoms with Crippen LogP contribution in [0.3, 0.4) is 0 Å². The lowest BCUT2D eigenvalue weighted by molar-refractivity contribution is 0.135. The van der Waals surface area contributed by atoms with Crippen LogP contribution < -0.4 is 10.1 Å². The quantitative estimate of drug-likeness (QED) is 0.378. The van der Waals surface area contributed by atoms with Gasteiger partial charge in [-0.2, -0.15) is 0 Å². The average Bonchev–Trinajstić information content (AvgIpc) is 2.64. The minimum atomic E-state index is -0.665. The highest BCUT2D eigenvalue weighted by Gasteiger charge is 2.36. The van der Waals surface area contributed by atoms with E-state index in [4.69, 9.17) is 40.2 Å². The molecule has 0 saturated carbocycles. The molecule has 0 aliphatic heterocycles. The molecule has 2 nitrogen and oxygen atoms in total. The highest BCUT2D eigenvalue weighted by Crippen LogP contribution is 2.33. The van der Waals surface area contributed by atoms with E-state index in [1.807, 2.05) is 18.2 Å². The lowest BCUT2D eigenvalue weighted by Crippen LogP contribution is -2.51. The second kappa shape index (κ2) is 10.1. The van der Waals surface area contributed by atoms with Crippen LogP contribution in [0.5, 0.6) is 5.75 Å². The Morgan fingerprint density at radius 3 is 2.46 bits per heavy atom. The van der Waals surface area contributed by atoms with E-state index >= 15 is 0 Å². The van der Waals surface area contributed by atoms with Crippen LogP contribution in [-0.2, 0) is 6.42 Å². The molecule has 0 saturated heterocycles. The van der Waals surface area contributed by atoms with Gasteiger partial charge in [0.05, 0.1) is 5.02 Å². The van der Waals surface area contributed by atoms with Gasteiger partial charge in [-0.1, -0.05) is 86.0 Å². The van der Waals surface area contributed by atoms with Gasteiger partial charge in [0.2, 0.25) is 0 Å². The van der Waals surface area contributed by atoms with Gasteiger partial charge in [0.15, 0.2) is 5.60 Å². The number of unbranched alkanes of at least 4 members (excludes halogenated alkanes) is 1. The topological polar surface area (TPSA) is 21.3 Å². The van der Waals surface area contributed by atoms with Crippen LogP contribution in [0, 0.1) is 0 Å². The van der Waals surface area contributed by atoms with Crippen molar-refractivity contribution in [1.82, 2.24) is 5.32 Å². The molecule has 1 unspecified atom stereocenters. The molecule has 0 aliphatic rings. The molecule has 2 aromatic rings. The summed E-state index contributed by atoms with van der Waals surface area (Å²) in [5, 5.41) is 4.45. The van der Waals surface area contributed by atoms with Gasteiger partial charge in [0, 0.05) is 18.0 Å². The van der Waals surface area contributed by atoms with E-state index < -0.39 is 5.60 Å². The molecule has 2 rings (SSSR count). The third-order valence-electron chi connectivity index (χ3n) is 4.33. The summed E-state index contributed by atoms with van der Waals surface area (Å²) in [6.45, 7) is 5.08. The maximum absolute atomic E-state index is 6.44. The first-order valence-electron chi connectivity index (χ1n) is 8.97. The number of hydrogen-bond acceptors (Lipinski definition) is 2. The van der Waals surface area contributed by atoms with Gasteiger partial charge in [0.25, 0.3) is 0 Å². The van der Waals surface area contributed by atoms with Crippen molar-refractivity contribution in [2.24, 2.45) is 0 Å². The fourth-order valence-corrected chi connectivity index (χ4v) is 3.56. The van der Waals surface area contributed by atoms with Crippen LogP contribution >= 0.6 is 35.4 Å². The lowest BCUT2D eigenvalue weighted by Gasteiger charge is -2.35. The largest absolute Gasteiger partial charge is 0.478 e. The van der Waals surface area contributed by atoms with E-state index in [1.165, 1.54) is 5.56 Å². The fraction of sp³-hybridized carbons (Fsp3) is 0.381. The van der Waals surface area contributed by atoms with Crippen molar-refractivity contribution < 1.29 is 4.74 Å². The number of rotatable bonds is 9. The summed E-state index contributed by atoms with van der Waals surface area (Å²) in [5.41, 5.74) is 0.501. The van der Waals surface area contributed by atoms with Crippen molar-refractivity contribution >= 4 is 40.4 Å². The second-order valence-corrected chi connectivity index (χ2v) is 7.55. The number of ether oxygens (including phenoxy) is 1. The molecule has 0 radical (unpaired) electrons. The molecule has 5 heteroatoms. The smallest absolute Gasteiger partial charge is 0.162 e. The summed E-state index contributed by atoms with van der Waals surface area (Å²) in [6, 6.07) is 15.5. The number of hydrogen-bond donors (Lipinski definition) is 1. The Morgan fingerprint density at radius 2 is 1.85 bits per heavy atom. The van der Waals surface area contributed by atoms with Gasteiger partial charge >= 0.3 is 0 Å². The Bertz CT molecular complexity index is 723. The third kappa shape index (κ3) is 5.60. The van der Waals surface area contributed by atoms with Crippen LogP contribution in [0.4, 0.5) is 0 Å². The van der Waals surface area contributed by atoms with E-state index in [0.717, 1.165) is 25.8 Å². The maximum atomic E-state index is 6.44. The van der Waals surface area contributed by atoms with Crippen LogP contribution in [-0.4, -0.2) is 17.1 Å². The summed E-state index contributed by atoms with van der Waals surface area (Å²) in [7, 11) is 0. The predicted molar refractivity (Wildman–Crippen MR) is 116 cm³/mol. The van der Waals surface area contributed by atoms with E-state index in [0.29, 0.717) is 27.2 Å². The molecule has 2 aromatic carbocycles. The first-order chi connectivity index (χ1) is 12.5. The second-order valence-electron chi connectivity index (χ2n) is 6.30. The number of thiocarbonyl (C=S) groups is 1. The minimum absolute atomic E-state index is 0.486. The van der Waals surface area contributed by atoms with Gasteiger partial charge in [0.1, 0.15) is 10.7 Å². The van der Waals surface area contributed by atoms with Crippen molar-refractivity contribution in [3.8, 4) is 5.75 Å². The zero-order valence-corrected chi connectivity index (χ0v) is 17.6. The Morgan fingerprint density at radius 1 is 1.12 bits per heavy atom. The van der Waals surface area contributed by atoms with Crippen LogP contribution in [0.1, 0.15) is 38.7 Å². The normalized spacial score (nSPS) is 13.1. The lowest BCUT2D eigenvalue weighted by atomic mass is 9.91. The summed E-state index contributed by atoms with van der Waals surface area (Å²) >= 11 is 18.1. The molecule has 0 aliphatic carbocycles. The first kappa shape index (κ1) is 21.0. The molecule has 0 fully saturated rings. The van der Waals surface area contributed by atoms with E-state index in [9.17, 15) is 0 Å². The highest BCUT2D eigenvalue weighted by molar-refractivity contribution is 7.80. The van der Waals surface area contributed by atoms with Gasteiger partial charge in [-0.25, -0.2) is 0 Å². The molecule has 0 heterocycles. The molecule has 1 N–H and O–H groups in total. The molecule has 0 aromatic heterocycles. The minimum Gasteiger partial charge on any atom is -0.478 e. The Kier molecular flexibility index (Phi) is 8.20. The molecule has 140 valence electrons. The fourth-order valence-electron chi connectivity index (χ4n) is 2.75. The SMILES string of the molecule is CCCCNC(=S)C(CC)(Cc1ccccc1)Oc1ccc(Cl)cc1Cl. The third-order valence-corrected chi connectivity index (χ3v) is 5.38. The Hall–Kier alpha value is -1.29. The monoisotopic (exact) mass is 409 g/mol. The Labute approximate surface area is 171 Å². The summed E-state index contributed by atoms with van der Waals surface area (Å²) < 4.78 is 6.44. The number of halogens is 2. The van der Waals surface area contributed by atoms with E-state index in [-0.39, 0.29) is 0 Å². The summed E-state index contributed by atoms with van der Waals surface area (Å²) in [6.07, 6.45) is 3.56. The van der Waals surface area contributed by atoms with Crippen molar-refractivity contribution in [3.05, 3.63) is 64.1 Å². The van der Waals surface area contributed by atoms with Crippen molar-refractivity contribution in [2.45, 2.75) is 45.1 Å². The average molecular weight is 410 g/mol. The highest BCUT2D eigenvalue weighted by atomic mass is 35.5. The van der Waals surface area contributed by atoms with E-state index in [1.54, 1.807) is 18.2 Å². The van der Waals surface area contributed by atoms with E-state index in [2.05, 4.69) is 31.3 Å². The molecule has 0 spiro atoms. The molecule has 1 atom stereocenters. The molecule has 0 bridgehead atoms. The van der Waals surface area contributed by atoms with Crippen molar-refractivity contribution in [2.75, 3.05) is 6.54 Å². The predicted octanol–water partition coefficient (Wildman–Crippen LogP) is 6.48. The van der Waals surface area contributed by atoms with Crippen LogP contribution in [0.2, 0.25) is 10.0 Å². The first-order valence-corrected chi connectivity index (χ1v) is 10.1. The van der Waals surface area contributed by atoms with Crippen molar-refractivity contribution in [1.29, 1.82) is 0 Å². The zero-order chi connectivity index (χ0) is 19.0. The Balaban J connectivity index is 2.33. The maximum Gasteiger partial charge on any atom is 0.162 e. The number of benzene rings is 2. The standard InChI is InChI=1S/C21H25Cl2NOS/c1-3-5-13-24-20(26)21(4-2,15-16-9-7-6-8-10-16)25-19-12-11-17(22)14-18(19)23/h6-12,14H,3-5,13,15H2,1-2H3,(H,24,26). The zero-order valence-electron chi connectivity index (χ0n) is 15.2.